The topological polar surface area (TPSA) is 74.2 Å². The summed E-state index contributed by atoms with van der Waals surface area (Å²) in [5.41, 5.74) is 5.39. The number of rotatable bonds is 3. The van der Waals surface area contributed by atoms with Gasteiger partial charge in [-0.3, -0.25) is 0 Å². The molecule has 1 aliphatic heterocycles. The fraction of sp³-hybridized carbons (Fsp3) is 0.750. The number of thioether (sulfide) groups is 1. The van der Waals surface area contributed by atoms with Gasteiger partial charge in [-0.15, -0.1) is 0 Å². The third-order valence-corrected chi connectivity index (χ3v) is 2.94. The lowest BCUT2D eigenvalue weighted by Crippen LogP contribution is -2.16. The minimum absolute atomic E-state index is 0.0102. The maximum absolute atomic E-state index is 5.52. The first kappa shape index (κ1) is 9.95. The van der Waals surface area contributed by atoms with Crippen molar-refractivity contribution in [2.45, 2.75) is 12.5 Å². The summed E-state index contributed by atoms with van der Waals surface area (Å²) < 4.78 is 10.5. The van der Waals surface area contributed by atoms with Crippen LogP contribution in [0.25, 0.3) is 0 Å². The Kier molecular flexibility index (Phi) is 3.39. The van der Waals surface area contributed by atoms with E-state index < -0.39 is 0 Å². The van der Waals surface area contributed by atoms with Crippen LogP contribution >= 0.6 is 11.8 Å². The Balaban J connectivity index is 2.00. The highest BCUT2D eigenvalue weighted by Crippen LogP contribution is 2.24. The monoisotopic (exact) mass is 215 g/mol. The van der Waals surface area contributed by atoms with Gasteiger partial charge in [0, 0.05) is 24.5 Å². The summed E-state index contributed by atoms with van der Waals surface area (Å²) in [4.78, 5) is 4.23. The van der Waals surface area contributed by atoms with Crippen molar-refractivity contribution in [3.63, 3.8) is 0 Å². The highest BCUT2D eigenvalue weighted by atomic mass is 32.2. The number of hydrogen-bond acceptors (Lipinski definition) is 6. The zero-order valence-electron chi connectivity index (χ0n) is 7.81. The van der Waals surface area contributed by atoms with Gasteiger partial charge in [0.1, 0.15) is 6.10 Å². The smallest absolute Gasteiger partial charge is 0.228 e. The molecule has 1 fully saturated rings. The van der Waals surface area contributed by atoms with Crippen LogP contribution < -0.4 is 5.73 Å². The van der Waals surface area contributed by atoms with Gasteiger partial charge in [0.25, 0.3) is 0 Å². The summed E-state index contributed by atoms with van der Waals surface area (Å²) >= 11 is 1.85. The van der Waals surface area contributed by atoms with E-state index in [9.17, 15) is 0 Å². The highest BCUT2D eigenvalue weighted by molar-refractivity contribution is 7.99. The molecule has 0 aliphatic carbocycles. The van der Waals surface area contributed by atoms with Crippen molar-refractivity contribution in [2.24, 2.45) is 5.73 Å². The van der Waals surface area contributed by atoms with Gasteiger partial charge in [-0.05, 0) is 0 Å². The molecule has 0 saturated carbocycles. The second-order valence-electron chi connectivity index (χ2n) is 3.02. The number of aromatic nitrogens is 2. The van der Waals surface area contributed by atoms with Crippen LogP contribution in [0.3, 0.4) is 0 Å². The number of ether oxygens (including phenoxy) is 1. The molecule has 1 saturated heterocycles. The largest absolute Gasteiger partial charge is 0.368 e. The molecule has 1 aliphatic rings. The molecule has 0 bridgehead atoms. The first-order valence-electron chi connectivity index (χ1n) is 4.62. The highest BCUT2D eigenvalue weighted by Gasteiger charge is 2.21. The van der Waals surface area contributed by atoms with Crippen molar-refractivity contribution < 1.29 is 9.26 Å². The van der Waals surface area contributed by atoms with E-state index in [4.69, 9.17) is 15.0 Å². The van der Waals surface area contributed by atoms with Crippen LogP contribution in [0.2, 0.25) is 0 Å². The fourth-order valence-corrected chi connectivity index (χ4v) is 2.10. The van der Waals surface area contributed by atoms with E-state index >= 15 is 0 Å². The minimum atomic E-state index is -0.0102. The van der Waals surface area contributed by atoms with Gasteiger partial charge in [-0.25, -0.2) is 0 Å². The maximum Gasteiger partial charge on any atom is 0.228 e. The molecule has 1 aromatic heterocycles. The summed E-state index contributed by atoms with van der Waals surface area (Å²) in [5, 5.41) is 3.88. The summed E-state index contributed by atoms with van der Waals surface area (Å²) in [5.74, 6) is 3.20. The quantitative estimate of drug-likeness (QED) is 0.785. The van der Waals surface area contributed by atoms with Gasteiger partial charge in [0.05, 0.1) is 6.61 Å². The summed E-state index contributed by atoms with van der Waals surface area (Å²) in [6.07, 6.45) is 0.622. The molecule has 5 nitrogen and oxygen atoms in total. The van der Waals surface area contributed by atoms with Crippen LogP contribution in [0.1, 0.15) is 17.8 Å². The van der Waals surface area contributed by atoms with E-state index in [1.165, 1.54) is 0 Å². The molecule has 2 rings (SSSR count). The summed E-state index contributed by atoms with van der Waals surface area (Å²) in [7, 11) is 0. The molecule has 0 spiro atoms. The Morgan fingerprint density at radius 2 is 2.50 bits per heavy atom. The lowest BCUT2D eigenvalue weighted by Gasteiger charge is -2.18. The Hall–Kier alpha value is -0.590. The third kappa shape index (κ3) is 2.26. The van der Waals surface area contributed by atoms with Gasteiger partial charge >= 0.3 is 0 Å². The number of nitrogens with two attached hydrogens (primary N) is 1. The van der Waals surface area contributed by atoms with E-state index in [1.54, 1.807) is 0 Å². The molecule has 2 heterocycles. The molecule has 1 unspecified atom stereocenters. The summed E-state index contributed by atoms with van der Waals surface area (Å²) in [6, 6.07) is 0. The van der Waals surface area contributed by atoms with E-state index in [1.807, 2.05) is 11.8 Å². The van der Waals surface area contributed by atoms with Crippen molar-refractivity contribution in [3.05, 3.63) is 11.7 Å². The van der Waals surface area contributed by atoms with Crippen LogP contribution in [0.15, 0.2) is 4.52 Å². The average Bonchev–Trinajstić information content (AvgIpc) is 2.68. The molecule has 0 amide bonds. The van der Waals surface area contributed by atoms with E-state index in [2.05, 4.69) is 10.1 Å². The Bertz CT molecular complexity index is 286. The number of hydrogen-bond donors (Lipinski definition) is 1. The molecule has 0 aromatic carbocycles. The van der Waals surface area contributed by atoms with Gasteiger partial charge in [0.2, 0.25) is 11.7 Å². The van der Waals surface area contributed by atoms with Crippen molar-refractivity contribution in [2.75, 3.05) is 24.7 Å². The predicted octanol–water partition coefficient (Wildman–Crippen LogP) is 0.375. The Morgan fingerprint density at radius 1 is 1.57 bits per heavy atom. The molecule has 6 heteroatoms. The first-order chi connectivity index (χ1) is 6.90. The van der Waals surface area contributed by atoms with Crippen LogP contribution in [-0.4, -0.2) is 34.8 Å². The predicted molar refractivity (Wildman–Crippen MR) is 53.1 cm³/mol. The van der Waals surface area contributed by atoms with Crippen molar-refractivity contribution in [3.8, 4) is 0 Å². The van der Waals surface area contributed by atoms with Gasteiger partial charge in [-0.2, -0.15) is 16.7 Å². The lowest BCUT2D eigenvalue weighted by molar-refractivity contribution is 0.0677. The lowest BCUT2D eigenvalue weighted by atomic mass is 10.3. The van der Waals surface area contributed by atoms with Gasteiger partial charge in [-0.1, -0.05) is 5.16 Å². The van der Waals surface area contributed by atoms with E-state index in [0.717, 1.165) is 18.1 Å². The van der Waals surface area contributed by atoms with Gasteiger partial charge in [0.15, 0.2) is 0 Å². The average molecular weight is 215 g/mol. The molecule has 0 radical (unpaired) electrons. The summed E-state index contributed by atoms with van der Waals surface area (Å²) in [6.45, 7) is 1.29. The first-order valence-corrected chi connectivity index (χ1v) is 5.77. The third-order valence-electron chi connectivity index (χ3n) is 1.95. The Labute approximate surface area is 86.4 Å². The normalized spacial score (nSPS) is 22.5. The zero-order chi connectivity index (χ0) is 9.80. The van der Waals surface area contributed by atoms with E-state index in [-0.39, 0.29) is 6.10 Å². The van der Waals surface area contributed by atoms with E-state index in [0.29, 0.717) is 24.7 Å². The van der Waals surface area contributed by atoms with Crippen LogP contribution in [0.5, 0.6) is 0 Å². The molecule has 78 valence electrons. The SMILES string of the molecule is NCCc1nc(C2CSCCO2)no1. The van der Waals surface area contributed by atoms with Crippen LogP contribution in [0.4, 0.5) is 0 Å². The molecular formula is C8H13N3O2S. The molecular weight excluding hydrogens is 202 g/mol. The second kappa shape index (κ2) is 4.77. The van der Waals surface area contributed by atoms with Crippen LogP contribution in [-0.2, 0) is 11.2 Å². The molecule has 1 atom stereocenters. The van der Waals surface area contributed by atoms with Crippen LogP contribution in [0, 0.1) is 0 Å². The van der Waals surface area contributed by atoms with Crippen molar-refractivity contribution in [1.29, 1.82) is 0 Å². The minimum Gasteiger partial charge on any atom is -0.368 e. The number of nitrogens with zero attached hydrogens (tertiary/aromatic N) is 2. The zero-order valence-corrected chi connectivity index (χ0v) is 8.63. The second-order valence-corrected chi connectivity index (χ2v) is 4.17. The molecule has 2 N–H and O–H groups in total. The Morgan fingerprint density at radius 3 is 3.21 bits per heavy atom. The standard InChI is InChI=1S/C8H13N3O2S/c9-2-1-7-10-8(11-13-7)6-5-14-4-3-12-6/h6H,1-5,9H2. The van der Waals surface area contributed by atoms with Crippen molar-refractivity contribution in [1.82, 2.24) is 10.1 Å². The molecule has 14 heavy (non-hydrogen) atoms. The molecule has 1 aromatic rings. The van der Waals surface area contributed by atoms with Crippen molar-refractivity contribution >= 4 is 11.8 Å². The maximum atomic E-state index is 5.52. The fourth-order valence-electron chi connectivity index (χ4n) is 1.26. The van der Waals surface area contributed by atoms with Gasteiger partial charge < -0.3 is 15.0 Å².